The van der Waals surface area contributed by atoms with Gasteiger partial charge in [0.05, 0.1) is 32.0 Å². The summed E-state index contributed by atoms with van der Waals surface area (Å²) in [6, 6.07) is 7.29. The van der Waals surface area contributed by atoms with E-state index < -0.39 is 16.3 Å². The number of fused-ring (bicyclic) bond motifs is 1. The maximum absolute atomic E-state index is 12.1. The number of aromatic nitrogens is 3. The van der Waals surface area contributed by atoms with Gasteiger partial charge in [0, 0.05) is 38.1 Å². The fraction of sp³-hybridized carbons (Fsp3) is 0.381. The predicted molar refractivity (Wildman–Crippen MR) is 121 cm³/mol. The second-order valence-corrected chi connectivity index (χ2v) is 9.05. The molecule has 1 aromatic carbocycles. The first-order valence-corrected chi connectivity index (χ1v) is 11.7. The first kappa shape index (κ1) is 23.1. The Balaban J connectivity index is 1.61. The van der Waals surface area contributed by atoms with Crippen LogP contribution < -0.4 is 18.9 Å². The molecule has 0 bridgehead atoms. The summed E-state index contributed by atoms with van der Waals surface area (Å²) in [6.45, 7) is 0.821. The van der Waals surface area contributed by atoms with E-state index in [1.54, 1.807) is 32.7 Å². The quantitative estimate of drug-likeness (QED) is 0.512. The van der Waals surface area contributed by atoms with Gasteiger partial charge in [-0.25, -0.2) is 14.7 Å². The number of pyridine rings is 1. The lowest BCUT2D eigenvalue weighted by Crippen LogP contribution is -2.50. The number of rotatable bonds is 8. The highest BCUT2D eigenvalue weighted by molar-refractivity contribution is 7.87. The van der Waals surface area contributed by atoms with Crippen molar-refractivity contribution < 1.29 is 27.4 Å². The number of benzene rings is 1. The van der Waals surface area contributed by atoms with E-state index in [4.69, 9.17) is 18.9 Å². The molecular weight excluding hydrogens is 450 g/mol. The molecule has 0 amide bonds. The van der Waals surface area contributed by atoms with Crippen molar-refractivity contribution in [2.45, 2.75) is 6.10 Å². The van der Waals surface area contributed by atoms with Crippen LogP contribution in [0.5, 0.6) is 17.4 Å². The molecule has 1 atom stereocenters. The maximum Gasteiger partial charge on any atom is 0.279 e. The van der Waals surface area contributed by atoms with Crippen molar-refractivity contribution in [1.82, 2.24) is 24.0 Å². The minimum absolute atomic E-state index is 0.101. The Morgan fingerprint density at radius 2 is 1.94 bits per heavy atom. The highest BCUT2D eigenvalue weighted by atomic mass is 32.2. The Bertz CT molecular complexity index is 1240. The molecule has 3 heterocycles. The van der Waals surface area contributed by atoms with E-state index in [0.29, 0.717) is 28.2 Å². The van der Waals surface area contributed by atoms with Crippen molar-refractivity contribution >= 4 is 21.2 Å². The lowest BCUT2D eigenvalue weighted by atomic mass is 10.1. The Kier molecular flexibility index (Phi) is 6.88. The Hall–Kier alpha value is -3.06. The topological polar surface area (TPSA) is 125 Å². The van der Waals surface area contributed by atoms with Crippen LogP contribution in [0.2, 0.25) is 0 Å². The summed E-state index contributed by atoms with van der Waals surface area (Å²) in [4.78, 5) is 13.4. The molecule has 0 aliphatic carbocycles. The fourth-order valence-corrected chi connectivity index (χ4v) is 4.44. The van der Waals surface area contributed by atoms with Crippen molar-refractivity contribution in [2.24, 2.45) is 0 Å². The molecule has 0 unspecified atom stereocenters. The lowest BCUT2D eigenvalue weighted by Gasteiger charge is -2.31. The Morgan fingerprint density at radius 3 is 2.70 bits per heavy atom. The zero-order valence-corrected chi connectivity index (χ0v) is 19.3. The van der Waals surface area contributed by atoms with Crippen LogP contribution in [0, 0.1) is 0 Å². The summed E-state index contributed by atoms with van der Waals surface area (Å²) in [5.41, 5.74) is 2.50. The average molecular weight is 476 g/mol. The van der Waals surface area contributed by atoms with E-state index in [0.717, 1.165) is 5.56 Å². The van der Waals surface area contributed by atoms with Crippen LogP contribution in [0.15, 0.2) is 36.7 Å². The third kappa shape index (κ3) is 4.98. The molecule has 1 saturated heterocycles. The molecule has 12 heteroatoms. The summed E-state index contributed by atoms with van der Waals surface area (Å²) >= 11 is 0. The van der Waals surface area contributed by atoms with Gasteiger partial charge >= 0.3 is 0 Å². The molecule has 33 heavy (non-hydrogen) atoms. The normalized spacial score (nSPS) is 17.1. The molecule has 1 N–H and O–H groups in total. The molecule has 1 fully saturated rings. The summed E-state index contributed by atoms with van der Waals surface area (Å²) in [5, 5.41) is 0. The highest BCUT2D eigenvalue weighted by Gasteiger charge is 2.29. The minimum Gasteiger partial charge on any atom is -0.493 e. The summed E-state index contributed by atoms with van der Waals surface area (Å²) in [5.74, 6) is 1.45. The highest BCUT2D eigenvalue weighted by Crippen LogP contribution is 2.33. The largest absolute Gasteiger partial charge is 0.493 e. The molecule has 4 rings (SSSR count). The van der Waals surface area contributed by atoms with Gasteiger partial charge in [0.2, 0.25) is 5.88 Å². The third-order valence-electron chi connectivity index (χ3n) is 5.21. The Morgan fingerprint density at radius 1 is 1.15 bits per heavy atom. The molecule has 176 valence electrons. The van der Waals surface area contributed by atoms with Crippen molar-refractivity contribution in [3.63, 3.8) is 0 Å². The SMILES string of the molecule is CNS(=O)(=O)N1CCO[C@H](COc2nc(-c3ccc(OC)c(OC)c3)cc3nccnc23)C1. The van der Waals surface area contributed by atoms with Crippen molar-refractivity contribution in [2.75, 3.05) is 47.6 Å². The number of morpholine rings is 1. The third-order valence-corrected chi connectivity index (χ3v) is 6.74. The van der Waals surface area contributed by atoms with E-state index in [-0.39, 0.29) is 32.2 Å². The number of nitrogens with one attached hydrogen (secondary N) is 1. The van der Waals surface area contributed by atoms with Crippen molar-refractivity contribution in [3.8, 4) is 28.6 Å². The standard InChI is InChI=1S/C21H25N5O6S/c1-22-33(27,28)26-8-9-31-15(12-26)13-32-21-20-17(23-6-7-24-20)11-16(25-21)14-4-5-18(29-2)19(10-14)30-3/h4-7,10-11,15,22H,8-9,12-13H2,1-3H3/t15-/m0/s1. The zero-order chi connectivity index (χ0) is 23.4. The van der Waals surface area contributed by atoms with E-state index in [1.165, 1.54) is 11.4 Å². The van der Waals surface area contributed by atoms with Crippen LogP contribution in [-0.4, -0.2) is 81.3 Å². The number of ether oxygens (including phenoxy) is 4. The van der Waals surface area contributed by atoms with Gasteiger partial charge in [-0.05, 0) is 24.3 Å². The van der Waals surface area contributed by atoms with Crippen LogP contribution in [0.1, 0.15) is 0 Å². The predicted octanol–water partition coefficient (Wildman–Crippen LogP) is 1.25. The number of hydrogen-bond acceptors (Lipinski definition) is 9. The van der Waals surface area contributed by atoms with Gasteiger partial charge in [0.25, 0.3) is 10.2 Å². The summed E-state index contributed by atoms with van der Waals surface area (Å²) in [7, 11) is 0.980. The Labute approximate surface area is 191 Å². The van der Waals surface area contributed by atoms with Gasteiger partial charge in [-0.3, -0.25) is 4.98 Å². The molecule has 0 saturated carbocycles. The smallest absolute Gasteiger partial charge is 0.279 e. The number of methoxy groups -OCH3 is 2. The molecule has 2 aromatic heterocycles. The minimum atomic E-state index is -3.54. The van der Waals surface area contributed by atoms with E-state index in [2.05, 4.69) is 19.7 Å². The molecular formula is C21H25N5O6S. The molecule has 3 aromatic rings. The van der Waals surface area contributed by atoms with Crippen LogP contribution in [-0.2, 0) is 14.9 Å². The lowest BCUT2D eigenvalue weighted by molar-refractivity contribution is -0.0256. The van der Waals surface area contributed by atoms with Crippen LogP contribution in [0.3, 0.4) is 0 Å². The number of nitrogens with zero attached hydrogens (tertiary/aromatic N) is 4. The van der Waals surface area contributed by atoms with E-state index >= 15 is 0 Å². The molecule has 0 spiro atoms. The maximum atomic E-state index is 12.1. The molecule has 0 radical (unpaired) electrons. The average Bonchev–Trinajstić information content (AvgIpc) is 2.86. The van der Waals surface area contributed by atoms with Gasteiger partial charge in [0.1, 0.15) is 12.7 Å². The summed E-state index contributed by atoms with van der Waals surface area (Å²) < 4.78 is 50.3. The van der Waals surface area contributed by atoms with Gasteiger partial charge in [-0.1, -0.05) is 0 Å². The van der Waals surface area contributed by atoms with Crippen LogP contribution in [0.25, 0.3) is 22.3 Å². The first-order chi connectivity index (χ1) is 15.9. The zero-order valence-electron chi connectivity index (χ0n) is 18.5. The second kappa shape index (κ2) is 9.83. The second-order valence-electron chi connectivity index (χ2n) is 7.18. The number of hydrogen-bond donors (Lipinski definition) is 1. The van der Waals surface area contributed by atoms with Gasteiger partial charge < -0.3 is 18.9 Å². The van der Waals surface area contributed by atoms with Gasteiger partial charge in [0.15, 0.2) is 17.0 Å². The first-order valence-electron chi connectivity index (χ1n) is 10.2. The van der Waals surface area contributed by atoms with Crippen LogP contribution in [0.4, 0.5) is 0 Å². The molecule has 1 aliphatic rings. The summed E-state index contributed by atoms with van der Waals surface area (Å²) in [6.07, 6.45) is 2.70. The van der Waals surface area contributed by atoms with Crippen molar-refractivity contribution in [1.29, 1.82) is 0 Å². The van der Waals surface area contributed by atoms with Crippen molar-refractivity contribution in [3.05, 3.63) is 36.7 Å². The van der Waals surface area contributed by atoms with E-state index in [1.807, 2.05) is 18.2 Å². The molecule has 11 nitrogen and oxygen atoms in total. The molecule has 1 aliphatic heterocycles. The van der Waals surface area contributed by atoms with E-state index in [9.17, 15) is 8.42 Å². The fourth-order valence-electron chi connectivity index (χ4n) is 3.50. The van der Waals surface area contributed by atoms with Gasteiger partial charge in [-0.2, -0.15) is 12.7 Å². The van der Waals surface area contributed by atoms with Crippen LogP contribution >= 0.6 is 0 Å². The van der Waals surface area contributed by atoms with Gasteiger partial charge in [-0.15, -0.1) is 0 Å². The monoisotopic (exact) mass is 475 g/mol.